The minimum atomic E-state index is 1.24. The summed E-state index contributed by atoms with van der Waals surface area (Å²) in [6, 6.07) is 44.7. The molecular formula is C36H28B4. The van der Waals surface area contributed by atoms with Crippen molar-refractivity contribution >= 4 is 85.6 Å². The van der Waals surface area contributed by atoms with Gasteiger partial charge in [0.2, 0.25) is 0 Å². The highest BCUT2D eigenvalue weighted by molar-refractivity contribution is 6.63. The summed E-state index contributed by atoms with van der Waals surface area (Å²) in [5.74, 6) is 0. The fourth-order valence-corrected chi connectivity index (χ4v) is 6.49. The predicted octanol–water partition coefficient (Wildman–Crippen LogP) is 3.18. The van der Waals surface area contributed by atoms with Gasteiger partial charge < -0.3 is 0 Å². The van der Waals surface area contributed by atoms with Crippen LogP contribution >= 0.6 is 0 Å². The zero-order valence-corrected chi connectivity index (χ0v) is 23.5. The Morgan fingerprint density at radius 3 is 1.48 bits per heavy atom. The highest BCUT2D eigenvalue weighted by Gasteiger charge is 2.19. The van der Waals surface area contributed by atoms with Gasteiger partial charge >= 0.3 is 0 Å². The van der Waals surface area contributed by atoms with Crippen LogP contribution in [-0.2, 0) is 0 Å². The molecule has 0 bridgehead atoms. The first-order valence-corrected chi connectivity index (χ1v) is 14.1. The quantitative estimate of drug-likeness (QED) is 0.257. The predicted molar refractivity (Wildman–Crippen MR) is 188 cm³/mol. The zero-order valence-electron chi connectivity index (χ0n) is 23.5. The summed E-state index contributed by atoms with van der Waals surface area (Å²) in [4.78, 5) is 0. The number of hydrogen-bond donors (Lipinski definition) is 0. The first-order valence-electron chi connectivity index (χ1n) is 14.1. The average molecular weight is 504 g/mol. The molecule has 0 atom stereocenters. The van der Waals surface area contributed by atoms with Crippen LogP contribution in [0.25, 0.3) is 65.7 Å². The molecule has 184 valence electrons. The summed E-state index contributed by atoms with van der Waals surface area (Å²) in [6.07, 6.45) is 0. The summed E-state index contributed by atoms with van der Waals surface area (Å²) >= 11 is 0. The minimum absolute atomic E-state index is 1.24. The fourth-order valence-electron chi connectivity index (χ4n) is 6.49. The van der Waals surface area contributed by atoms with Crippen molar-refractivity contribution in [2.45, 2.75) is 0 Å². The van der Waals surface area contributed by atoms with Crippen molar-refractivity contribution in [2.75, 3.05) is 0 Å². The summed E-state index contributed by atoms with van der Waals surface area (Å²) in [6.45, 7) is 0. The van der Waals surface area contributed by atoms with Crippen molar-refractivity contribution in [3.05, 3.63) is 121 Å². The molecule has 7 rings (SSSR count). The number of fused-ring (bicyclic) bond motifs is 3. The van der Waals surface area contributed by atoms with Gasteiger partial charge in [-0.05, 0) is 65.7 Å². The van der Waals surface area contributed by atoms with Crippen molar-refractivity contribution < 1.29 is 0 Å². The van der Waals surface area contributed by atoms with Gasteiger partial charge in [0.25, 0.3) is 0 Å². The molecule has 7 aromatic carbocycles. The van der Waals surface area contributed by atoms with E-state index in [-0.39, 0.29) is 0 Å². The largest absolute Gasteiger partial charge is 0.139 e. The number of hydrogen-bond acceptors (Lipinski definition) is 0. The topological polar surface area (TPSA) is 0 Å². The van der Waals surface area contributed by atoms with Gasteiger partial charge in [0.15, 0.2) is 0 Å². The van der Waals surface area contributed by atoms with E-state index in [1.165, 1.54) is 87.5 Å². The van der Waals surface area contributed by atoms with Crippen LogP contribution in [0.2, 0.25) is 0 Å². The van der Waals surface area contributed by atoms with Crippen LogP contribution in [0.1, 0.15) is 0 Å². The van der Waals surface area contributed by atoms with E-state index in [1.807, 2.05) is 0 Å². The standard InChI is InChI=1S/C36H28B4/c37-31-20-30(34(38)36(40)35(31)39)33-28-13-5-3-11-26(28)32(27-12-4-6-14-29(27)33)23-18-16-22(17-19-23)25-15-7-9-21-8-1-2-10-24(21)25/h1-20H,37-40H2. The first-order chi connectivity index (χ1) is 19.5. The molecule has 0 spiro atoms. The molecule has 0 aliphatic rings. The van der Waals surface area contributed by atoms with Crippen LogP contribution in [0.5, 0.6) is 0 Å². The minimum Gasteiger partial charge on any atom is -0.102 e. The zero-order chi connectivity index (χ0) is 27.4. The lowest BCUT2D eigenvalue weighted by atomic mass is 9.64. The number of benzene rings is 7. The van der Waals surface area contributed by atoms with E-state index < -0.39 is 0 Å². The Morgan fingerprint density at radius 1 is 0.350 bits per heavy atom. The molecule has 0 saturated carbocycles. The average Bonchev–Trinajstić information content (AvgIpc) is 3.00. The monoisotopic (exact) mass is 504 g/mol. The Labute approximate surface area is 239 Å². The summed E-state index contributed by atoms with van der Waals surface area (Å²) in [5.41, 5.74) is 13.2. The van der Waals surface area contributed by atoms with Crippen molar-refractivity contribution in [3.8, 4) is 33.4 Å². The Kier molecular flexibility index (Phi) is 5.93. The smallest absolute Gasteiger partial charge is 0.102 e. The molecule has 0 aliphatic carbocycles. The molecule has 7 aromatic rings. The van der Waals surface area contributed by atoms with E-state index in [1.54, 1.807) is 0 Å². The third-order valence-corrected chi connectivity index (χ3v) is 8.96. The maximum atomic E-state index is 2.39. The van der Waals surface area contributed by atoms with E-state index in [2.05, 4.69) is 153 Å². The van der Waals surface area contributed by atoms with Crippen LogP contribution in [0, 0.1) is 0 Å². The third kappa shape index (κ3) is 3.82. The molecular weight excluding hydrogens is 476 g/mol. The molecule has 40 heavy (non-hydrogen) atoms. The normalized spacial score (nSPS) is 11.4. The van der Waals surface area contributed by atoms with E-state index in [9.17, 15) is 0 Å². The molecule has 4 heteroatoms. The van der Waals surface area contributed by atoms with Crippen LogP contribution < -0.4 is 21.9 Å². The third-order valence-electron chi connectivity index (χ3n) is 8.96. The maximum Gasteiger partial charge on any atom is 0.139 e. The van der Waals surface area contributed by atoms with Gasteiger partial charge in [0.1, 0.15) is 31.4 Å². The van der Waals surface area contributed by atoms with Crippen molar-refractivity contribution in [2.24, 2.45) is 0 Å². The molecule has 0 nitrogen and oxygen atoms in total. The molecule has 0 aliphatic heterocycles. The van der Waals surface area contributed by atoms with Gasteiger partial charge in [-0.15, -0.1) is 10.9 Å². The molecule has 0 amide bonds. The Morgan fingerprint density at radius 2 is 0.850 bits per heavy atom. The van der Waals surface area contributed by atoms with Crippen LogP contribution in [0.4, 0.5) is 0 Å². The lowest BCUT2D eigenvalue weighted by molar-refractivity contribution is 1.63. The number of rotatable bonds is 3. The van der Waals surface area contributed by atoms with E-state index in [0.29, 0.717) is 0 Å². The van der Waals surface area contributed by atoms with E-state index >= 15 is 0 Å². The van der Waals surface area contributed by atoms with Crippen LogP contribution in [-0.4, -0.2) is 31.4 Å². The molecule has 0 N–H and O–H groups in total. The molecule has 0 fully saturated rings. The Hall–Kier alpha value is -4.42. The lowest BCUT2D eigenvalue weighted by Gasteiger charge is -2.21. The summed E-state index contributed by atoms with van der Waals surface area (Å²) in [5, 5.41) is 7.76. The van der Waals surface area contributed by atoms with E-state index in [4.69, 9.17) is 0 Å². The first kappa shape index (κ1) is 24.6. The molecule has 0 heterocycles. The molecule has 0 saturated heterocycles. The van der Waals surface area contributed by atoms with Crippen molar-refractivity contribution in [1.29, 1.82) is 0 Å². The van der Waals surface area contributed by atoms with E-state index in [0.717, 1.165) is 0 Å². The molecule has 0 radical (unpaired) electrons. The second-order valence-corrected chi connectivity index (χ2v) is 11.1. The second kappa shape index (κ2) is 9.65. The van der Waals surface area contributed by atoms with Crippen LogP contribution in [0.15, 0.2) is 121 Å². The second-order valence-electron chi connectivity index (χ2n) is 11.1. The Balaban J connectivity index is 1.49. The fraction of sp³-hybridized carbons (Fsp3) is 0. The molecule has 0 aromatic heterocycles. The van der Waals surface area contributed by atoms with Gasteiger partial charge in [-0.1, -0.05) is 132 Å². The summed E-state index contributed by atoms with van der Waals surface area (Å²) < 4.78 is 0. The van der Waals surface area contributed by atoms with Crippen LogP contribution in [0.3, 0.4) is 0 Å². The van der Waals surface area contributed by atoms with Gasteiger partial charge in [-0.3, -0.25) is 0 Å². The highest BCUT2D eigenvalue weighted by Crippen LogP contribution is 2.43. The van der Waals surface area contributed by atoms with Gasteiger partial charge in [-0.2, -0.15) is 0 Å². The van der Waals surface area contributed by atoms with Crippen molar-refractivity contribution in [3.63, 3.8) is 0 Å². The lowest BCUT2D eigenvalue weighted by Crippen LogP contribution is -2.47. The van der Waals surface area contributed by atoms with Gasteiger partial charge in [0, 0.05) is 0 Å². The Bertz CT molecular complexity index is 2030. The summed E-state index contributed by atoms with van der Waals surface area (Å²) in [7, 11) is 9.02. The highest BCUT2D eigenvalue weighted by atomic mass is 14.2. The van der Waals surface area contributed by atoms with Gasteiger partial charge in [0.05, 0.1) is 0 Å². The SMILES string of the molecule is Bc1cc(-c2c3ccccc3c(-c3ccc(-c4cccc5ccccc45)cc3)c3ccccc23)c(B)c(B)c1B. The maximum absolute atomic E-state index is 2.39. The van der Waals surface area contributed by atoms with Gasteiger partial charge in [-0.25, -0.2) is 0 Å². The van der Waals surface area contributed by atoms with Crippen molar-refractivity contribution in [1.82, 2.24) is 0 Å². The molecule has 0 unspecified atom stereocenters.